The molecule has 3 rings (SSSR count). The van der Waals surface area contributed by atoms with Gasteiger partial charge in [0.05, 0.1) is 7.11 Å². The number of nitrogens with zero attached hydrogens (tertiary/aromatic N) is 1. The molecule has 1 aliphatic rings. The number of amides is 1. The Morgan fingerprint density at radius 1 is 1.08 bits per heavy atom. The molecular formula is C20H24N2O3. The lowest BCUT2D eigenvalue weighted by Crippen LogP contribution is -2.33. The van der Waals surface area contributed by atoms with Crippen LogP contribution < -0.4 is 15.2 Å². The molecule has 132 valence electrons. The molecule has 1 amide bonds. The van der Waals surface area contributed by atoms with Gasteiger partial charge in [-0.15, -0.1) is 0 Å². The van der Waals surface area contributed by atoms with Crippen LogP contribution in [0.3, 0.4) is 0 Å². The van der Waals surface area contributed by atoms with E-state index in [1.165, 1.54) is 5.56 Å². The van der Waals surface area contributed by atoms with Crippen LogP contribution in [0.25, 0.3) is 0 Å². The highest BCUT2D eigenvalue weighted by atomic mass is 16.5. The summed E-state index contributed by atoms with van der Waals surface area (Å²) in [5.74, 6) is 1.73. The third-order valence-electron chi connectivity index (χ3n) is 4.74. The molecule has 0 saturated carbocycles. The Balaban J connectivity index is 1.63. The first-order valence-corrected chi connectivity index (χ1v) is 8.51. The zero-order valence-electron chi connectivity index (χ0n) is 14.4. The van der Waals surface area contributed by atoms with Crippen LogP contribution in [-0.4, -0.2) is 44.2 Å². The molecule has 1 aliphatic heterocycles. The van der Waals surface area contributed by atoms with Gasteiger partial charge in [-0.2, -0.15) is 0 Å². The molecule has 0 radical (unpaired) electrons. The predicted molar refractivity (Wildman–Crippen MR) is 96.8 cm³/mol. The summed E-state index contributed by atoms with van der Waals surface area (Å²) in [4.78, 5) is 14.4. The molecule has 2 aromatic rings. The van der Waals surface area contributed by atoms with Gasteiger partial charge in [-0.05, 0) is 30.2 Å². The van der Waals surface area contributed by atoms with E-state index in [9.17, 15) is 4.79 Å². The summed E-state index contributed by atoms with van der Waals surface area (Å²) in [5.41, 5.74) is 7.18. The van der Waals surface area contributed by atoms with Gasteiger partial charge in [0, 0.05) is 19.0 Å². The Bertz CT molecular complexity index is 705. The van der Waals surface area contributed by atoms with Crippen LogP contribution in [0.5, 0.6) is 11.5 Å². The van der Waals surface area contributed by atoms with E-state index in [0.29, 0.717) is 31.1 Å². The van der Waals surface area contributed by atoms with Gasteiger partial charge in [0.2, 0.25) is 0 Å². The first-order chi connectivity index (χ1) is 12.2. The summed E-state index contributed by atoms with van der Waals surface area (Å²) in [6.07, 6.45) is 0. The molecule has 0 aliphatic carbocycles. The van der Waals surface area contributed by atoms with Crippen LogP contribution in [0.2, 0.25) is 0 Å². The van der Waals surface area contributed by atoms with Crippen molar-refractivity contribution in [2.75, 3.05) is 33.4 Å². The van der Waals surface area contributed by atoms with E-state index < -0.39 is 0 Å². The maximum Gasteiger partial charge on any atom is 0.260 e. The highest BCUT2D eigenvalue weighted by Crippen LogP contribution is 2.32. The molecule has 2 aromatic carbocycles. The van der Waals surface area contributed by atoms with E-state index in [1.54, 1.807) is 13.2 Å². The minimum absolute atomic E-state index is 0.000819. The van der Waals surface area contributed by atoms with Crippen molar-refractivity contribution in [2.24, 2.45) is 11.7 Å². The van der Waals surface area contributed by atoms with Gasteiger partial charge < -0.3 is 20.1 Å². The summed E-state index contributed by atoms with van der Waals surface area (Å²) >= 11 is 0. The number of benzene rings is 2. The van der Waals surface area contributed by atoms with E-state index in [1.807, 2.05) is 41.3 Å². The van der Waals surface area contributed by atoms with Crippen LogP contribution in [0.15, 0.2) is 54.6 Å². The SMILES string of the molecule is COc1ccccc1OCC(=O)N1C[C@@H](CN)[C@H](c2ccccc2)C1. The van der Waals surface area contributed by atoms with Crippen molar-refractivity contribution in [2.45, 2.75) is 5.92 Å². The third-order valence-corrected chi connectivity index (χ3v) is 4.74. The second-order valence-electron chi connectivity index (χ2n) is 6.25. The Hall–Kier alpha value is -2.53. The average molecular weight is 340 g/mol. The molecule has 1 fully saturated rings. The number of methoxy groups -OCH3 is 1. The molecule has 0 spiro atoms. The monoisotopic (exact) mass is 340 g/mol. The zero-order valence-corrected chi connectivity index (χ0v) is 14.4. The average Bonchev–Trinajstić information content (AvgIpc) is 3.11. The van der Waals surface area contributed by atoms with Gasteiger partial charge in [0.25, 0.3) is 5.91 Å². The van der Waals surface area contributed by atoms with E-state index in [4.69, 9.17) is 15.2 Å². The number of hydrogen-bond donors (Lipinski definition) is 1. The lowest BCUT2D eigenvalue weighted by atomic mass is 9.89. The maximum atomic E-state index is 12.6. The summed E-state index contributed by atoms with van der Waals surface area (Å²) in [7, 11) is 1.58. The van der Waals surface area contributed by atoms with Crippen LogP contribution in [-0.2, 0) is 4.79 Å². The van der Waals surface area contributed by atoms with Gasteiger partial charge in [0.1, 0.15) is 0 Å². The third kappa shape index (κ3) is 3.94. The minimum Gasteiger partial charge on any atom is -0.493 e. The fourth-order valence-corrected chi connectivity index (χ4v) is 3.36. The number of carbonyl (C=O) groups excluding carboxylic acids is 1. The normalized spacial score (nSPS) is 19.7. The van der Waals surface area contributed by atoms with Gasteiger partial charge >= 0.3 is 0 Å². The van der Waals surface area contributed by atoms with Crippen LogP contribution in [0.1, 0.15) is 11.5 Å². The summed E-state index contributed by atoms with van der Waals surface area (Å²) in [6, 6.07) is 17.6. The topological polar surface area (TPSA) is 64.8 Å². The molecule has 0 bridgehead atoms. The first-order valence-electron chi connectivity index (χ1n) is 8.51. The molecule has 5 nitrogen and oxygen atoms in total. The number of ether oxygens (including phenoxy) is 2. The van der Waals surface area contributed by atoms with Crippen LogP contribution in [0.4, 0.5) is 0 Å². The number of hydrogen-bond acceptors (Lipinski definition) is 4. The number of carbonyl (C=O) groups is 1. The quantitative estimate of drug-likeness (QED) is 0.876. The molecule has 1 heterocycles. The highest BCUT2D eigenvalue weighted by molar-refractivity contribution is 5.78. The minimum atomic E-state index is -0.0252. The van der Waals surface area contributed by atoms with Crippen molar-refractivity contribution in [1.29, 1.82) is 0 Å². The van der Waals surface area contributed by atoms with Crippen molar-refractivity contribution in [3.8, 4) is 11.5 Å². The van der Waals surface area contributed by atoms with Crippen molar-refractivity contribution < 1.29 is 14.3 Å². The van der Waals surface area contributed by atoms with E-state index >= 15 is 0 Å². The number of rotatable bonds is 6. The van der Waals surface area contributed by atoms with Crippen molar-refractivity contribution >= 4 is 5.91 Å². The van der Waals surface area contributed by atoms with Gasteiger partial charge in [-0.1, -0.05) is 42.5 Å². The molecule has 1 saturated heterocycles. The van der Waals surface area contributed by atoms with Crippen LogP contribution in [0, 0.1) is 5.92 Å². The van der Waals surface area contributed by atoms with Crippen molar-refractivity contribution in [3.63, 3.8) is 0 Å². The van der Waals surface area contributed by atoms with Crippen LogP contribution >= 0.6 is 0 Å². The Kier molecular flexibility index (Phi) is 5.56. The van der Waals surface area contributed by atoms with Gasteiger partial charge in [-0.3, -0.25) is 4.79 Å². The zero-order chi connectivity index (χ0) is 17.6. The number of para-hydroxylation sites is 2. The fourth-order valence-electron chi connectivity index (χ4n) is 3.36. The Morgan fingerprint density at radius 2 is 1.76 bits per heavy atom. The largest absolute Gasteiger partial charge is 0.493 e. The van der Waals surface area contributed by atoms with Crippen molar-refractivity contribution in [3.05, 3.63) is 60.2 Å². The lowest BCUT2D eigenvalue weighted by Gasteiger charge is -2.17. The molecule has 2 atom stereocenters. The standard InChI is InChI=1S/C20H24N2O3/c1-24-18-9-5-6-10-19(18)25-14-20(23)22-12-16(11-21)17(13-22)15-7-3-2-4-8-15/h2-10,16-17H,11-14,21H2,1H3/t16-,17+/m1/s1. The Morgan fingerprint density at radius 3 is 2.44 bits per heavy atom. The molecule has 0 aromatic heterocycles. The predicted octanol–water partition coefficient (Wildman–Crippen LogP) is 2.27. The van der Waals surface area contributed by atoms with E-state index in [-0.39, 0.29) is 24.3 Å². The van der Waals surface area contributed by atoms with Gasteiger partial charge in [0.15, 0.2) is 18.1 Å². The van der Waals surface area contributed by atoms with Crippen molar-refractivity contribution in [1.82, 2.24) is 4.90 Å². The summed E-state index contributed by atoms with van der Waals surface area (Å²) < 4.78 is 10.9. The number of nitrogens with two attached hydrogens (primary N) is 1. The first kappa shape index (κ1) is 17.3. The summed E-state index contributed by atoms with van der Waals surface area (Å²) in [5, 5.41) is 0. The molecule has 0 unspecified atom stereocenters. The van der Waals surface area contributed by atoms with Gasteiger partial charge in [-0.25, -0.2) is 0 Å². The van der Waals surface area contributed by atoms with E-state index in [2.05, 4.69) is 12.1 Å². The fraction of sp³-hybridized carbons (Fsp3) is 0.350. The molecule has 5 heteroatoms. The summed E-state index contributed by atoms with van der Waals surface area (Å²) in [6.45, 7) is 1.92. The second kappa shape index (κ2) is 8.03. The molecular weight excluding hydrogens is 316 g/mol. The maximum absolute atomic E-state index is 12.6. The highest BCUT2D eigenvalue weighted by Gasteiger charge is 2.35. The molecule has 25 heavy (non-hydrogen) atoms. The second-order valence-corrected chi connectivity index (χ2v) is 6.25. The van der Waals surface area contributed by atoms with E-state index in [0.717, 1.165) is 0 Å². The number of likely N-dealkylation sites (tertiary alicyclic amines) is 1. The lowest BCUT2D eigenvalue weighted by molar-refractivity contribution is -0.132. The Labute approximate surface area is 148 Å². The molecule has 2 N–H and O–H groups in total. The smallest absolute Gasteiger partial charge is 0.260 e.